The Kier molecular flexibility index (Phi) is 5.09. The standard InChI is InChI=1S/C15H14BrClO/c16-9-4-10-18-13-7-8-15(17)14(11-13)12-5-2-1-3-6-12/h1-3,5-8,11H,4,9-10H2. The molecule has 0 amide bonds. The second-order valence-electron chi connectivity index (χ2n) is 3.90. The lowest BCUT2D eigenvalue weighted by molar-refractivity contribution is 0.319. The van der Waals surface area contributed by atoms with Crippen LogP contribution >= 0.6 is 27.5 Å². The minimum Gasteiger partial charge on any atom is -0.494 e. The Balaban J connectivity index is 2.22. The van der Waals surface area contributed by atoms with Crippen LogP contribution in [0.2, 0.25) is 5.02 Å². The van der Waals surface area contributed by atoms with Gasteiger partial charge in [0.25, 0.3) is 0 Å². The molecule has 0 N–H and O–H groups in total. The van der Waals surface area contributed by atoms with Crippen molar-refractivity contribution in [2.75, 3.05) is 11.9 Å². The molecule has 0 saturated heterocycles. The molecule has 1 nitrogen and oxygen atoms in total. The molecular weight excluding hydrogens is 312 g/mol. The van der Waals surface area contributed by atoms with Gasteiger partial charge in [-0.15, -0.1) is 0 Å². The van der Waals surface area contributed by atoms with Gasteiger partial charge in [0, 0.05) is 15.9 Å². The zero-order valence-corrected chi connectivity index (χ0v) is 12.2. The van der Waals surface area contributed by atoms with Crippen LogP contribution in [0, 0.1) is 0 Å². The van der Waals surface area contributed by atoms with Crippen molar-refractivity contribution in [2.45, 2.75) is 6.42 Å². The number of ether oxygens (including phenoxy) is 1. The van der Waals surface area contributed by atoms with E-state index in [0.717, 1.165) is 33.6 Å². The minimum atomic E-state index is 0.709. The molecule has 0 saturated carbocycles. The highest BCUT2D eigenvalue weighted by molar-refractivity contribution is 9.09. The highest BCUT2D eigenvalue weighted by Crippen LogP contribution is 2.31. The Morgan fingerprint density at radius 2 is 1.83 bits per heavy atom. The summed E-state index contributed by atoms with van der Waals surface area (Å²) in [6, 6.07) is 15.9. The average molecular weight is 326 g/mol. The maximum atomic E-state index is 6.23. The maximum Gasteiger partial charge on any atom is 0.120 e. The molecule has 2 aromatic rings. The van der Waals surface area contributed by atoms with Crippen LogP contribution < -0.4 is 4.74 Å². The van der Waals surface area contributed by atoms with Crippen molar-refractivity contribution in [3.8, 4) is 16.9 Å². The minimum absolute atomic E-state index is 0.709. The molecule has 0 heterocycles. The third-order valence-corrected chi connectivity index (χ3v) is 3.46. The summed E-state index contributed by atoms with van der Waals surface area (Å²) in [6.45, 7) is 0.709. The van der Waals surface area contributed by atoms with Crippen LogP contribution in [0.4, 0.5) is 0 Å². The van der Waals surface area contributed by atoms with E-state index in [9.17, 15) is 0 Å². The second kappa shape index (κ2) is 6.81. The molecule has 2 aromatic carbocycles. The van der Waals surface area contributed by atoms with Gasteiger partial charge in [-0.05, 0) is 30.2 Å². The Bertz CT molecular complexity index is 499. The largest absolute Gasteiger partial charge is 0.494 e. The first-order chi connectivity index (χ1) is 8.81. The Hall–Kier alpha value is -0.990. The van der Waals surface area contributed by atoms with Crippen LogP contribution in [0.3, 0.4) is 0 Å². The summed E-state index contributed by atoms with van der Waals surface area (Å²) in [4.78, 5) is 0. The van der Waals surface area contributed by atoms with Crippen LogP contribution in [0.5, 0.6) is 5.75 Å². The van der Waals surface area contributed by atoms with Crippen molar-refractivity contribution < 1.29 is 4.74 Å². The maximum absolute atomic E-state index is 6.23. The van der Waals surface area contributed by atoms with E-state index in [2.05, 4.69) is 15.9 Å². The van der Waals surface area contributed by atoms with E-state index in [-0.39, 0.29) is 0 Å². The van der Waals surface area contributed by atoms with Gasteiger partial charge in [-0.2, -0.15) is 0 Å². The summed E-state index contributed by atoms with van der Waals surface area (Å²) in [7, 11) is 0. The van der Waals surface area contributed by atoms with Crippen molar-refractivity contribution in [1.29, 1.82) is 0 Å². The number of halogens is 2. The number of alkyl halides is 1. The van der Waals surface area contributed by atoms with E-state index in [1.165, 1.54) is 0 Å². The Labute approximate surface area is 121 Å². The van der Waals surface area contributed by atoms with Crippen molar-refractivity contribution in [3.63, 3.8) is 0 Å². The quantitative estimate of drug-likeness (QED) is 0.544. The molecule has 3 heteroatoms. The molecule has 0 fully saturated rings. The van der Waals surface area contributed by atoms with Gasteiger partial charge in [-0.25, -0.2) is 0 Å². The number of hydrogen-bond donors (Lipinski definition) is 0. The van der Waals surface area contributed by atoms with Crippen LogP contribution in [-0.2, 0) is 0 Å². The average Bonchev–Trinajstić information content (AvgIpc) is 2.42. The molecule has 0 unspecified atom stereocenters. The molecule has 0 bridgehead atoms. The summed E-state index contributed by atoms with van der Waals surface area (Å²) in [6.07, 6.45) is 0.989. The fourth-order valence-electron chi connectivity index (χ4n) is 1.68. The summed E-state index contributed by atoms with van der Waals surface area (Å²) < 4.78 is 5.67. The molecule has 0 atom stereocenters. The van der Waals surface area contributed by atoms with Gasteiger partial charge in [-0.1, -0.05) is 57.9 Å². The zero-order chi connectivity index (χ0) is 12.8. The van der Waals surface area contributed by atoms with E-state index in [1.807, 2.05) is 48.5 Å². The molecular formula is C15H14BrClO. The van der Waals surface area contributed by atoms with Gasteiger partial charge in [0.1, 0.15) is 5.75 Å². The molecule has 0 radical (unpaired) electrons. The predicted molar refractivity (Wildman–Crippen MR) is 80.8 cm³/mol. The first-order valence-corrected chi connectivity index (χ1v) is 7.35. The Morgan fingerprint density at radius 3 is 2.56 bits per heavy atom. The third kappa shape index (κ3) is 3.50. The van der Waals surface area contributed by atoms with E-state index in [0.29, 0.717) is 6.61 Å². The molecule has 94 valence electrons. The fraction of sp³-hybridized carbons (Fsp3) is 0.200. The van der Waals surface area contributed by atoms with Crippen molar-refractivity contribution >= 4 is 27.5 Å². The number of rotatable bonds is 5. The van der Waals surface area contributed by atoms with Crippen LogP contribution in [0.25, 0.3) is 11.1 Å². The SMILES string of the molecule is Clc1ccc(OCCCBr)cc1-c1ccccc1. The molecule has 2 rings (SSSR count). The highest BCUT2D eigenvalue weighted by Gasteiger charge is 2.05. The normalized spacial score (nSPS) is 10.3. The number of benzene rings is 2. The molecule has 0 spiro atoms. The molecule has 0 aliphatic heterocycles. The lowest BCUT2D eigenvalue weighted by Gasteiger charge is -2.09. The van der Waals surface area contributed by atoms with Crippen LogP contribution in [0.1, 0.15) is 6.42 Å². The molecule has 0 aromatic heterocycles. The van der Waals surface area contributed by atoms with E-state index in [4.69, 9.17) is 16.3 Å². The van der Waals surface area contributed by atoms with E-state index < -0.39 is 0 Å². The zero-order valence-electron chi connectivity index (χ0n) is 9.90. The third-order valence-electron chi connectivity index (χ3n) is 2.57. The predicted octanol–water partition coefficient (Wildman–Crippen LogP) is 5.17. The monoisotopic (exact) mass is 324 g/mol. The fourth-order valence-corrected chi connectivity index (χ4v) is 2.13. The molecule has 0 aliphatic carbocycles. The molecule has 18 heavy (non-hydrogen) atoms. The van der Waals surface area contributed by atoms with Gasteiger partial charge < -0.3 is 4.74 Å². The summed E-state index contributed by atoms with van der Waals surface area (Å²) in [5.41, 5.74) is 2.11. The van der Waals surface area contributed by atoms with Crippen LogP contribution in [0.15, 0.2) is 48.5 Å². The van der Waals surface area contributed by atoms with Crippen molar-refractivity contribution in [1.82, 2.24) is 0 Å². The van der Waals surface area contributed by atoms with Gasteiger partial charge in [0.05, 0.1) is 6.61 Å². The first-order valence-electron chi connectivity index (χ1n) is 5.85. The van der Waals surface area contributed by atoms with Crippen molar-refractivity contribution in [2.24, 2.45) is 0 Å². The Morgan fingerprint density at radius 1 is 1.06 bits per heavy atom. The first kappa shape index (κ1) is 13.4. The van der Waals surface area contributed by atoms with Gasteiger partial charge in [0.15, 0.2) is 0 Å². The summed E-state index contributed by atoms with van der Waals surface area (Å²) in [5.74, 6) is 0.860. The van der Waals surface area contributed by atoms with Crippen molar-refractivity contribution in [3.05, 3.63) is 53.6 Å². The number of hydrogen-bond acceptors (Lipinski definition) is 1. The van der Waals surface area contributed by atoms with E-state index >= 15 is 0 Å². The topological polar surface area (TPSA) is 9.23 Å². The second-order valence-corrected chi connectivity index (χ2v) is 5.10. The van der Waals surface area contributed by atoms with E-state index in [1.54, 1.807) is 0 Å². The van der Waals surface area contributed by atoms with Gasteiger partial charge in [0.2, 0.25) is 0 Å². The molecule has 0 aliphatic rings. The highest BCUT2D eigenvalue weighted by atomic mass is 79.9. The van der Waals surface area contributed by atoms with Crippen LogP contribution in [-0.4, -0.2) is 11.9 Å². The summed E-state index contributed by atoms with van der Waals surface area (Å²) >= 11 is 9.61. The van der Waals surface area contributed by atoms with Gasteiger partial charge >= 0.3 is 0 Å². The lowest BCUT2D eigenvalue weighted by Crippen LogP contribution is -1.97. The smallest absolute Gasteiger partial charge is 0.120 e. The van der Waals surface area contributed by atoms with Gasteiger partial charge in [-0.3, -0.25) is 0 Å². The summed E-state index contributed by atoms with van der Waals surface area (Å²) in [5, 5.41) is 1.70. The lowest BCUT2D eigenvalue weighted by atomic mass is 10.1.